The molecular weight excluding hydrogens is 917 g/mol. The molecule has 1 aliphatic heterocycles. The number of benzene rings is 12. The highest BCUT2D eigenvalue weighted by Gasteiger charge is 2.53. The number of nitrogens with zero attached hydrogens (tertiary/aromatic N) is 2. The summed E-state index contributed by atoms with van der Waals surface area (Å²) in [6, 6.07) is 113. The Morgan fingerprint density at radius 3 is 1.11 bits per heavy atom. The maximum atomic E-state index is 2.58. The first-order valence-electron chi connectivity index (χ1n) is 26.4. The van der Waals surface area contributed by atoms with E-state index in [-0.39, 0.29) is 0 Å². The van der Waals surface area contributed by atoms with E-state index in [1.807, 2.05) is 0 Å². The number of hydrogen-bond donors (Lipinski definition) is 0. The highest BCUT2D eigenvalue weighted by molar-refractivity contribution is 6.04. The zero-order chi connectivity index (χ0) is 50.2. The molecule has 2 aliphatic carbocycles. The molecular formula is C74H50N2. The second-order valence-corrected chi connectivity index (χ2v) is 20.3. The Labute approximate surface area is 444 Å². The molecule has 76 heavy (non-hydrogen) atoms. The summed E-state index contributed by atoms with van der Waals surface area (Å²) in [7, 11) is 0. The molecule has 12 aromatic rings. The first-order valence-corrected chi connectivity index (χ1v) is 26.4. The molecule has 12 aromatic carbocycles. The van der Waals surface area contributed by atoms with Crippen LogP contribution in [-0.2, 0) is 10.8 Å². The van der Waals surface area contributed by atoms with E-state index in [2.05, 4.69) is 313 Å². The Hall–Kier alpha value is -9.76. The van der Waals surface area contributed by atoms with Gasteiger partial charge in [0.1, 0.15) is 0 Å². The zero-order valence-corrected chi connectivity index (χ0v) is 41.8. The first kappa shape index (κ1) is 43.8. The van der Waals surface area contributed by atoms with Crippen LogP contribution in [0.5, 0.6) is 0 Å². The van der Waals surface area contributed by atoms with Crippen molar-refractivity contribution in [1.82, 2.24) is 0 Å². The van der Waals surface area contributed by atoms with E-state index in [0.717, 1.165) is 22.7 Å². The van der Waals surface area contributed by atoms with E-state index in [1.165, 1.54) is 100 Å². The summed E-state index contributed by atoms with van der Waals surface area (Å²) in [5, 5.41) is 0. The van der Waals surface area contributed by atoms with Crippen molar-refractivity contribution < 1.29 is 0 Å². The van der Waals surface area contributed by atoms with Gasteiger partial charge in [-0.15, -0.1) is 0 Å². The molecule has 0 saturated heterocycles. The predicted molar refractivity (Wildman–Crippen MR) is 315 cm³/mol. The Kier molecular flexibility index (Phi) is 10.0. The molecule has 0 atom stereocenters. The van der Waals surface area contributed by atoms with Crippen LogP contribution in [0.25, 0.3) is 44.5 Å². The molecule has 0 aromatic heterocycles. The highest BCUT2D eigenvalue weighted by atomic mass is 15.2. The molecule has 0 radical (unpaired) electrons. The Morgan fingerprint density at radius 2 is 0.605 bits per heavy atom. The summed E-state index contributed by atoms with van der Waals surface area (Å²) in [6.07, 6.45) is 0. The van der Waals surface area contributed by atoms with Gasteiger partial charge in [-0.2, -0.15) is 0 Å². The Bertz CT molecular complexity index is 4060. The normalized spacial score (nSPS) is 13.7. The van der Waals surface area contributed by atoms with Crippen LogP contribution in [0.1, 0.15) is 44.5 Å². The van der Waals surface area contributed by atoms with Gasteiger partial charge in [0.05, 0.1) is 33.6 Å². The second kappa shape index (κ2) is 17.4. The lowest BCUT2D eigenvalue weighted by Gasteiger charge is -2.45. The van der Waals surface area contributed by atoms with E-state index >= 15 is 0 Å². The van der Waals surface area contributed by atoms with E-state index in [0.29, 0.717) is 0 Å². The quantitative estimate of drug-likeness (QED) is 0.150. The van der Waals surface area contributed by atoms with E-state index < -0.39 is 10.8 Å². The number of hydrogen-bond acceptors (Lipinski definition) is 2. The number of fused-ring (bicyclic) bond motifs is 12. The summed E-state index contributed by atoms with van der Waals surface area (Å²) in [5.41, 5.74) is 25.5. The molecule has 1 heterocycles. The van der Waals surface area contributed by atoms with Crippen LogP contribution < -0.4 is 9.80 Å². The summed E-state index contributed by atoms with van der Waals surface area (Å²) in [6.45, 7) is 0. The topological polar surface area (TPSA) is 6.48 Å². The Morgan fingerprint density at radius 1 is 0.250 bits per heavy atom. The molecule has 0 amide bonds. The van der Waals surface area contributed by atoms with Crippen LogP contribution in [0.4, 0.5) is 34.1 Å². The van der Waals surface area contributed by atoms with Gasteiger partial charge in [0, 0.05) is 22.5 Å². The van der Waals surface area contributed by atoms with Crippen molar-refractivity contribution in [3.05, 3.63) is 348 Å². The third-order valence-electron chi connectivity index (χ3n) is 16.6. The monoisotopic (exact) mass is 966 g/mol. The SMILES string of the molecule is c1ccc(-c2ccc(-c3ccc(N(c4cccc5c4-c4ccccc4C5(c4ccccc4)c4ccccc4)c4cccc5c4-c4ccccc4C54c5ccccc5N(c5ccccc5)c5ccccc54)cc3)cc2)cc1. The van der Waals surface area contributed by atoms with Crippen molar-refractivity contribution in [2.24, 2.45) is 0 Å². The zero-order valence-electron chi connectivity index (χ0n) is 41.8. The average Bonchev–Trinajstić information content (AvgIpc) is 4.19. The maximum absolute atomic E-state index is 2.58. The molecule has 2 nitrogen and oxygen atoms in total. The van der Waals surface area contributed by atoms with Crippen molar-refractivity contribution in [2.75, 3.05) is 9.80 Å². The maximum Gasteiger partial charge on any atom is 0.0755 e. The molecule has 356 valence electrons. The fraction of sp³-hybridized carbons (Fsp3) is 0.0270. The summed E-state index contributed by atoms with van der Waals surface area (Å²) in [4.78, 5) is 5.04. The second-order valence-electron chi connectivity index (χ2n) is 20.3. The van der Waals surface area contributed by atoms with Gasteiger partial charge in [-0.25, -0.2) is 0 Å². The average molecular weight is 967 g/mol. The minimum absolute atomic E-state index is 0.568. The van der Waals surface area contributed by atoms with Gasteiger partial charge in [0.25, 0.3) is 0 Å². The number of para-hydroxylation sites is 3. The summed E-state index contributed by atoms with van der Waals surface area (Å²) in [5.74, 6) is 0. The lowest BCUT2D eigenvalue weighted by atomic mass is 9.64. The minimum atomic E-state index is -0.622. The summed E-state index contributed by atoms with van der Waals surface area (Å²) >= 11 is 0. The van der Waals surface area contributed by atoms with Gasteiger partial charge in [0.15, 0.2) is 0 Å². The third kappa shape index (κ3) is 6.28. The molecule has 0 bridgehead atoms. The van der Waals surface area contributed by atoms with Crippen molar-refractivity contribution in [2.45, 2.75) is 10.8 Å². The Balaban J connectivity index is 1.00. The van der Waals surface area contributed by atoms with E-state index in [1.54, 1.807) is 0 Å². The van der Waals surface area contributed by atoms with Crippen LogP contribution in [0.2, 0.25) is 0 Å². The van der Waals surface area contributed by atoms with Gasteiger partial charge in [-0.3, -0.25) is 0 Å². The standard InChI is InChI=1S/C74H50N2/c1-5-23-51(24-6-1)52-43-45-53(46-44-52)54-47-49-58(50-48-54)76(69-41-21-37-65-71(69)59-31-13-15-33-61(59)73(65,55-25-7-2-8-26-55)56-27-9-3-10-28-56)70-42-22-38-66-72(70)60-32-14-16-34-62(60)74(66)63-35-17-19-39-67(63)75(57-29-11-4-12-30-57)68-40-20-18-36-64(68)74/h1-50H. The molecule has 15 rings (SSSR count). The van der Waals surface area contributed by atoms with Crippen molar-refractivity contribution >= 4 is 34.1 Å². The molecule has 0 N–H and O–H groups in total. The van der Waals surface area contributed by atoms with Crippen molar-refractivity contribution in [3.63, 3.8) is 0 Å². The molecule has 2 heteroatoms. The highest BCUT2D eigenvalue weighted by Crippen LogP contribution is 2.66. The van der Waals surface area contributed by atoms with Crippen LogP contribution in [0.3, 0.4) is 0 Å². The lowest BCUT2D eigenvalue weighted by molar-refractivity contribution is 0.752. The largest absolute Gasteiger partial charge is 0.310 e. The smallest absolute Gasteiger partial charge is 0.0755 e. The fourth-order valence-corrected chi connectivity index (χ4v) is 13.5. The van der Waals surface area contributed by atoms with Crippen LogP contribution in [-0.4, -0.2) is 0 Å². The lowest BCUT2D eigenvalue weighted by Crippen LogP contribution is -2.36. The summed E-state index contributed by atoms with van der Waals surface area (Å²) < 4.78 is 0. The van der Waals surface area contributed by atoms with Gasteiger partial charge < -0.3 is 9.80 Å². The van der Waals surface area contributed by atoms with Crippen LogP contribution in [0, 0.1) is 0 Å². The van der Waals surface area contributed by atoms with Gasteiger partial charge in [0.2, 0.25) is 0 Å². The molecule has 0 unspecified atom stereocenters. The fourth-order valence-electron chi connectivity index (χ4n) is 13.5. The first-order chi connectivity index (χ1) is 37.7. The van der Waals surface area contributed by atoms with E-state index in [4.69, 9.17) is 0 Å². The van der Waals surface area contributed by atoms with E-state index in [9.17, 15) is 0 Å². The minimum Gasteiger partial charge on any atom is -0.310 e. The van der Waals surface area contributed by atoms with Gasteiger partial charge in [-0.05, 0) is 126 Å². The number of anilines is 6. The number of rotatable bonds is 8. The van der Waals surface area contributed by atoms with Crippen LogP contribution >= 0.6 is 0 Å². The van der Waals surface area contributed by atoms with Gasteiger partial charge in [-0.1, -0.05) is 255 Å². The molecule has 3 aliphatic rings. The van der Waals surface area contributed by atoms with Crippen molar-refractivity contribution in [1.29, 1.82) is 0 Å². The molecule has 0 fully saturated rings. The van der Waals surface area contributed by atoms with Gasteiger partial charge >= 0.3 is 0 Å². The molecule has 1 spiro atoms. The molecule has 0 saturated carbocycles. The van der Waals surface area contributed by atoms with Crippen LogP contribution in [0.15, 0.2) is 303 Å². The predicted octanol–water partition coefficient (Wildman–Crippen LogP) is 19.0. The van der Waals surface area contributed by atoms with Crippen molar-refractivity contribution in [3.8, 4) is 44.5 Å². The third-order valence-corrected chi connectivity index (χ3v) is 16.6.